The second-order valence-corrected chi connectivity index (χ2v) is 7.32. The average Bonchev–Trinajstić information content (AvgIpc) is 3.08. The number of thioether (sulfide) groups is 1. The highest BCUT2D eigenvalue weighted by Gasteiger charge is 2.29. The summed E-state index contributed by atoms with van der Waals surface area (Å²) in [5.74, 6) is 1.27. The molecular weight excluding hydrogens is 336 g/mol. The van der Waals surface area contributed by atoms with Crippen LogP contribution in [0, 0.1) is 0 Å². The molecule has 1 aromatic carbocycles. The number of carbonyl (C=O) groups excluding carboxylic acids is 1. The zero-order chi connectivity index (χ0) is 17.8. The Bertz CT molecular complexity index is 723. The van der Waals surface area contributed by atoms with E-state index in [1.54, 1.807) is 13.4 Å². The van der Waals surface area contributed by atoms with Crippen molar-refractivity contribution in [2.45, 2.75) is 50.4 Å². The summed E-state index contributed by atoms with van der Waals surface area (Å²) in [4.78, 5) is 14.7. The molecule has 2 heterocycles. The summed E-state index contributed by atoms with van der Waals surface area (Å²) in [5, 5.41) is 8.87. The van der Waals surface area contributed by atoms with Gasteiger partial charge in [-0.1, -0.05) is 23.9 Å². The van der Waals surface area contributed by atoms with Gasteiger partial charge in [-0.05, 0) is 45.2 Å². The maximum absolute atomic E-state index is 12.7. The lowest BCUT2D eigenvalue weighted by atomic mass is 9.98. The van der Waals surface area contributed by atoms with Crippen molar-refractivity contribution in [2.24, 2.45) is 0 Å². The van der Waals surface area contributed by atoms with Crippen LogP contribution in [-0.2, 0) is 4.79 Å². The number of aromatic nitrogens is 3. The van der Waals surface area contributed by atoms with E-state index in [9.17, 15) is 4.79 Å². The van der Waals surface area contributed by atoms with Crippen molar-refractivity contribution in [1.29, 1.82) is 0 Å². The summed E-state index contributed by atoms with van der Waals surface area (Å²) in [5.41, 5.74) is 0.865. The van der Waals surface area contributed by atoms with Gasteiger partial charge in [-0.2, -0.15) is 0 Å². The third kappa shape index (κ3) is 3.81. The van der Waals surface area contributed by atoms with Crippen molar-refractivity contribution in [1.82, 2.24) is 19.7 Å². The van der Waals surface area contributed by atoms with Gasteiger partial charge in [0.25, 0.3) is 0 Å². The van der Waals surface area contributed by atoms with Gasteiger partial charge in [-0.25, -0.2) is 0 Å². The molecule has 0 radical (unpaired) electrons. The zero-order valence-corrected chi connectivity index (χ0v) is 15.7. The standard InChI is InChI=1S/C18H24N4O2S/c1-13-7-6-8-14(2)22(13)17(23)11-25-18-20-19-12-21(18)15-9-4-5-10-16(15)24-3/h4-5,9-10,12-14H,6-8,11H2,1-3H3. The van der Waals surface area contributed by atoms with Gasteiger partial charge >= 0.3 is 0 Å². The number of likely N-dealkylation sites (tertiary alicyclic amines) is 1. The number of nitrogens with zero attached hydrogens (tertiary/aromatic N) is 4. The second kappa shape index (κ2) is 7.91. The molecule has 0 bridgehead atoms. The molecule has 0 saturated carbocycles. The number of amides is 1. The molecular formula is C18H24N4O2S. The third-order valence-electron chi connectivity index (χ3n) is 4.67. The molecule has 0 spiro atoms. The first-order chi connectivity index (χ1) is 12.1. The molecule has 25 heavy (non-hydrogen) atoms. The van der Waals surface area contributed by atoms with Crippen LogP contribution in [0.15, 0.2) is 35.7 Å². The van der Waals surface area contributed by atoms with E-state index in [1.165, 1.54) is 18.2 Å². The maximum atomic E-state index is 12.7. The second-order valence-electron chi connectivity index (χ2n) is 6.37. The molecule has 7 heteroatoms. The van der Waals surface area contributed by atoms with Crippen LogP contribution in [0.3, 0.4) is 0 Å². The smallest absolute Gasteiger partial charge is 0.233 e. The normalized spacial score (nSPS) is 20.5. The van der Waals surface area contributed by atoms with Gasteiger partial charge in [-0.15, -0.1) is 10.2 Å². The Morgan fingerprint density at radius 1 is 1.28 bits per heavy atom. The Kier molecular flexibility index (Phi) is 5.63. The SMILES string of the molecule is COc1ccccc1-n1cnnc1SCC(=O)N1C(C)CCCC1C. The van der Waals surface area contributed by atoms with Gasteiger partial charge < -0.3 is 9.64 Å². The third-order valence-corrected chi connectivity index (χ3v) is 5.60. The van der Waals surface area contributed by atoms with Crippen molar-refractivity contribution in [3.8, 4) is 11.4 Å². The van der Waals surface area contributed by atoms with Crippen molar-refractivity contribution in [2.75, 3.05) is 12.9 Å². The van der Waals surface area contributed by atoms with E-state index in [-0.39, 0.29) is 5.91 Å². The zero-order valence-electron chi connectivity index (χ0n) is 14.9. The van der Waals surface area contributed by atoms with Crippen LogP contribution in [-0.4, -0.2) is 50.5 Å². The summed E-state index contributed by atoms with van der Waals surface area (Å²) >= 11 is 1.42. The minimum Gasteiger partial charge on any atom is -0.495 e. The summed E-state index contributed by atoms with van der Waals surface area (Å²) in [6.45, 7) is 4.27. The van der Waals surface area contributed by atoms with Crippen LogP contribution in [0.4, 0.5) is 0 Å². The summed E-state index contributed by atoms with van der Waals surface area (Å²) in [7, 11) is 1.64. The minimum absolute atomic E-state index is 0.166. The highest BCUT2D eigenvalue weighted by molar-refractivity contribution is 7.99. The largest absolute Gasteiger partial charge is 0.495 e. The molecule has 1 aliphatic heterocycles. The van der Waals surface area contributed by atoms with Crippen LogP contribution in [0.25, 0.3) is 5.69 Å². The monoisotopic (exact) mass is 360 g/mol. The Labute approximate surface area is 152 Å². The van der Waals surface area contributed by atoms with Crippen LogP contribution in [0.2, 0.25) is 0 Å². The molecule has 2 aromatic rings. The lowest BCUT2D eigenvalue weighted by Crippen LogP contribution is -2.48. The van der Waals surface area contributed by atoms with E-state index in [2.05, 4.69) is 24.0 Å². The molecule has 2 atom stereocenters. The number of carbonyl (C=O) groups is 1. The van der Waals surface area contributed by atoms with Gasteiger partial charge in [0.1, 0.15) is 12.1 Å². The molecule has 0 aliphatic carbocycles. The number of hydrogen-bond acceptors (Lipinski definition) is 5. The number of benzene rings is 1. The van der Waals surface area contributed by atoms with E-state index in [0.717, 1.165) is 24.3 Å². The van der Waals surface area contributed by atoms with Crippen molar-refractivity contribution < 1.29 is 9.53 Å². The average molecular weight is 360 g/mol. The summed E-state index contributed by atoms with van der Waals surface area (Å²) < 4.78 is 7.27. The molecule has 1 amide bonds. The predicted octanol–water partition coefficient (Wildman–Crippen LogP) is 3.16. The number of para-hydroxylation sites is 2. The van der Waals surface area contributed by atoms with Gasteiger partial charge in [0, 0.05) is 12.1 Å². The van der Waals surface area contributed by atoms with Crippen molar-refractivity contribution in [3.05, 3.63) is 30.6 Å². The maximum Gasteiger partial charge on any atom is 0.233 e. The first-order valence-corrected chi connectivity index (χ1v) is 9.57. The molecule has 3 rings (SSSR count). The number of piperidine rings is 1. The van der Waals surface area contributed by atoms with Gasteiger partial charge in [0.05, 0.1) is 18.6 Å². The Hall–Kier alpha value is -2.02. The summed E-state index contributed by atoms with van der Waals surface area (Å²) in [6, 6.07) is 8.32. The van der Waals surface area contributed by atoms with Crippen LogP contribution < -0.4 is 4.74 Å². The van der Waals surface area contributed by atoms with Gasteiger partial charge in [-0.3, -0.25) is 9.36 Å². The highest BCUT2D eigenvalue weighted by atomic mass is 32.2. The Balaban J connectivity index is 1.73. The topological polar surface area (TPSA) is 60.2 Å². The van der Waals surface area contributed by atoms with E-state index >= 15 is 0 Å². The fraction of sp³-hybridized carbons (Fsp3) is 0.500. The molecule has 1 fully saturated rings. The predicted molar refractivity (Wildman–Crippen MR) is 98.3 cm³/mol. The summed E-state index contributed by atoms with van der Waals surface area (Å²) in [6.07, 6.45) is 5.01. The Morgan fingerprint density at radius 2 is 2.00 bits per heavy atom. The van der Waals surface area contributed by atoms with E-state index in [4.69, 9.17) is 4.74 Å². The molecule has 1 saturated heterocycles. The molecule has 6 nitrogen and oxygen atoms in total. The van der Waals surface area contributed by atoms with Crippen LogP contribution >= 0.6 is 11.8 Å². The van der Waals surface area contributed by atoms with E-state index in [1.807, 2.05) is 33.7 Å². The molecule has 1 aromatic heterocycles. The Morgan fingerprint density at radius 3 is 2.72 bits per heavy atom. The van der Waals surface area contributed by atoms with E-state index in [0.29, 0.717) is 23.0 Å². The highest BCUT2D eigenvalue weighted by Crippen LogP contribution is 2.28. The van der Waals surface area contributed by atoms with Crippen molar-refractivity contribution in [3.63, 3.8) is 0 Å². The van der Waals surface area contributed by atoms with Gasteiger partial charge in [0.15, 0.2) is 5.16 Å². The molecule has 1 aliphatic rings. The molecule has 134 valence electrons. The fourth-order valence-electron chi connectivity index (χ4n) is 3.43. The number of rotatable bonds is 5. The van der Waals surface area contributed by atoms with Crippen molar-refractivity contribution >= 4 is 17.7 Å². The fourth-order valence-corrected chi connectivity index (χ4v) is 4.22. The van der Waals surface area contributed by atoms with Gasteiger partial charge in [0.2, 0.25) is 5.91 Å². The van der Waals surface area contributed by atoms with Crippen LogP contribution in [0.1, 0.15) is 33.1 Å². The van der Waals surface area contributed by atoms with E-state index < -0.39 is 0 Å². The lowest BCUT2D eigenvalue weighted by Gasteiger charge is -2.39. The first kappa shape index (κ1) is 17.8. The molecule has 0 N–H and O–H groups in total. The number of ether oxygens (including phenoxy) is 1. The first-order valence-electron chi connectivity index (χ1n) is 8.59. The minimum atomic E-state index is 0.166. The molecule has 2 unspecified atom stereocenters. The lowest BCUT2D eigenvalue weighted by molar-refractivity contribution is -0.134. The quantitative estimate of drug-likeness (QED) is 0.767. The number of methoxy groups -OCH3 is 1. The van der Waals surface area contributed by atoms with Crippen LogP contribution in [0.5, 0.6) is 5.75 Å². The number of hydrogen-bond donors (Lipinski definition) is 0.